The molecule has 0 spiro atoms. The van der Waals surface area contributed by atoms with Gasteiger partial charge in [-0.05, 0) is 58.2 Å². The lowest BCUT2D eigenvalue weighted by Crippen LogP contribution is -2.24. The minimum Gasteiger partial charge on any atom is -0.469 e. The Morgan fingerprint density at radius 2 is 1.96 bits per heavy atom. The van der Waals surface area contributed by atoms with Gasteiger partial charge in [0.25, 0.3) is 0 Å². The molecule has 5 nitrogen and oxygen atoms in total. The lowest BCUT2D eigenvalue weighted by Gasteiger charge is -2.22. The van der Waals surface area contributed by atoms with Crippen molar-refractivity contribution in [3.05, 3.63) is 12.2 Å². The summed E-state index contributed by atoms with van der Waals surface area (Å²) in [6, 6.07) is 0. The summed E-state index contributed by atoms with van der Waals surface area (Å²) >= 11 is 0. The summed E-state index contributed by atoms with van der Waals surface area (Å²) < 4.78 is 27.6. The first kappa shape index (κ1) is 19.1. The van der Waals surface area contributed by atoms with E-state index in [9.17, 15) is 19.8 Å². The normalized spacial score (nSPS) is 27.0. The number of carbonyl (C=O) groups excluding carboxylic acids is 2. The number of hydrogen-bond acceptors (Lipinski definition) is 5. The van der Waals surface area contributed by atoms with Crippen molar-refractivity contribution >= 4 is 11.8 Å². The summed E-state index contributed by atoms with van der Waals surface area (Å²) in [4.78, 5) is 22.3. The molecule has 0 amide bonds. The number of aliphatic hydroxyl groups excluding tert-OH is 1. The van der Waals surface area contributed by atoms with E-state index >= 15 is 0 Å². The molecular formula is C22H38O5. The highest BCUT2D eigenvalue weighted by atomic mass is 16.5. The van der Waals surface area contributed by atoms with E-state index in [-0.39, 0.29) is 36.9 Å². The van der Waals surface area contributed by atoms with E-state index in [4.69, 9.17) is 4.11 Å². The van der Waals surface area contributed by atoms with Crippen molar-refractivity contribution in [2.24, 2.45) is 11.8 Å². The van der Waals surface area contributed by atoms with Crippen molar-refractivity contribution in [3.8, 4) is 0 Å². The number of aliphatic hydroxyl groups is 2. The molecule has 0 bridgehead atoms. The van der Waals surface area contributed by atoms with Gasteiger partial charge in [0, 0.05) is 22.9 Å². The second-order valence-corrected chi connectivity index (χ2v) is 7.88. The maximum Gasteiger partial charge on any atom is 0.305 e. The van der Waals surface area contributed by atoms with Crippen molar-refractivity contribution in [1.29, 1.82) is 0 Å². The van der Waals surface area contributed by atoms with E-state index in [2.05, 4.69) is 4.74 Å². The highest BCUT2D eigenvalue weighted by Crippen LogP contribution is 2.37. The number of esters is 1. The molecule has 1 saturated carbocycles. The van der Waals surface area contributed by atoms with Crippen LogP contribution in [-0.4, -0.2) is 40.8 Å². The van der Waals surface area contributed by atoms with Crippen LogP contribution in [0.15, 0.2) is 12.2 Å². The van der Waals surface area contributed by atoms with Crippen molar-refractivity contribution in [3.63, 3.8) is 0 Å². The van der Waals surface area contributed by atoms with Crippen LogP contribution in [0.2, 0.25) is 0 Å². The summed E-state index contributed by atoms with van der Waals surface area (Å²) in [5.41, 5.74) is -1.94. The predicted molar refractivity (Wildman–Crippen MR) is 106 cm³/mol. The molecule has 0 aromatic rings. The summed E-state index contributed by atoms with van der Waals surface area (Å²) in [5.74, 6) is -0.0531. The van der Waals surface area contributed by atoms with E-state index in [1.54, 1.807) is 6.08 Å². The van der Waals surface area contributed by atoms with Crippen LogP contribution in [0.4, 0.5) is 0 Å². The van der Waals surface area contributed by atoms with Gasteiger partial charge >= 0.3 is 5.97 Å². The second-order valence-electron chi connectivity index (χ2n) is 7.88. The van der Waals surface area contributed by atoms with Gasteiger partial charge in [-0.25, -0.2) is 0 Å². The molecule has 0 heterocycles. The maximum atomic E-state index is 11.2. The zero-order valence-electron chi connectivity index (χ0n) is 19.8. The van der Waals surface area contributed by atoms with E-state index in [0.717, 1.165) is 44.9 Å². The Labute approximate surface area is 168 Å². The third-order valence-corrected chi connectivity index (χ3v) is 5.46. The van der Waals surface area contributed by atoms with Gasteiger partial charge in [-0.2, -0.15) is 0 Å². The van der Waals surface area contributed by atoms with E-state index in [1.165, 1.54) is 14.0 Å². The van der Waals surface area contributed by atoms with Gasteiger partial charge in [0.1, 0.15) is 5.78 Å². The van der Waals surface area contributed by atoms with Gasteiger partial charge in [-0.1, -0.05) is 31.4 Å². The van der Waals surface area contributed by atoms with E-state index in [1.807, 2.05) is 6.08 Å². The first-order chi connectivity index (χ1) is 14.0. The highest BCUT2D eigenvalue weighted by molar-refractivity contribution is 5.75. The monoisotopic (exact) mass is 385 g/mol. The molecule has 0 aromatic carbocycles. The molecule has 4 atom stereocenters. The zero-order valence-corrected chi connectivity index (χ0v) is 16.8. The molecule has 2 N–H and O–H groups in total. The quantitative estimate of drug-likeness (QED) is 0.285. The second kappa shape index (κ2) is 12.3. The van der Waals surface area contributed by atoms with Crippen LogP contribution in [0.1, 0.15) is 88.5 Å². The third-order valence-electron chi connectivity index (χ3n) is 5.46. The number of unbranched alkanes of at least 4 members (excludes halogenated alkanes) is 3. The number of rotatable bonds is 13. The van der Waals surface area contributed by atoms with Crippen LogP contribution in [0.25, 0.3) is 0 Å². The van der Waals surface area contributed by atoms with Crippen LogP contribution in [0.5, 0.6) is 0 Å². The summed E-state index contributed by atoms with van der Waals surface area (Å²) in [6.07, 6.45) is 9.77. The minimum atomic E-state index is -2.58. The Morgan fingerprint density at radius 1 is 1.22 bits per heavy atom. The molecule has 0 saturated heterocycles. The van der Waals surface area contributed by atoms with Crippen LogP contribution >= 0.6 is 0 Å². The molecule has 1 fully saturated rings. The Hall–Kier alpha value is -1.20. The number of Topliss-reactive ketones (excluding diaryl/α,β-unsaturated/α-hetero) is 1. The number of ether oxygens (including phenoxy) is 1. The topological polar surface area (TPSA) is 83.8 Å². The molecule has 1 aliphatic rings. The van der Waals surface area contributed by atoms with Gasteiger partial charge < -0.3 is 19.7 Å². The van der Waals surface area contributed by atoms with Crippen LogP contribution in [0, 0.1) is 11.8 Å². The zero-order chi connectivity index (χ0) is 22.8. The molecule has 0 aliphatic heterocycles. The lowest BCUT2D eigenvalue weighted by atomic mass is 9.88. The molecule has 1 rings (SSSR count). The third kappa shape index (κ3) is 10.1. The first-order valence-corrected chi connectivity index (χ1v) is 10.1. The molecule has 156 valence electrons. The van der Waals surface area contributed by atoms with Gasteiger partial charge in [0.05, 0.1) is 18.8 Å². The molecule has 1 aliphatic carbocycles. The Balaban J connectivity index is 2.54. The minimum absolute atomic E-state index is 0.0212. The van der Waals surface area contributed by atoms with Crippen LogP contribution in [-0.2, 0) is 14.3 Å². The molecule has 0 radical (unpaired) electrons. The number of methoxy groups -OCH3 is 1. The van der Waals surface area contributed by atoms with Gasteiger partial charge in [-0.15, -0.1) is 0 Å². The summed E-state index contributed by atoms with van der Waals surface area (Å²) in [6.45, 7) is -1.20. The maximum absolute atomic E-state index is 11.2. The number of carbonyl (C=O) groups is 2. The standard InChI is InChI=1S/C22H38O5/c1-17(23)14-16-22(2,26)15-8-10-19-18(12-13-20(19)24)9-6-4-5-7-11-21(25)27-3/h8,10,18-20,24,26H,4-7,9,11-16H2,1-3H3/b10-8+/t18-,19+,20-,22?/m0/s1/i2D3. The van der Waals surface area contributed by atoms with Crippen LogP contribution < -0.4 is 0 Å². The summed E-state index contributed by atoms with van der Waals surface area (Å²) in [5, 5.41) is 21.0. The number of hydrogen-bond donors (Lipinski definition) is 2. The van der Waals surface area contributed by atoms with E-state index in [0.29, 0.717) is 12.3 Å². The Kier molecular flexibility index (Phi) is 8.71. The molecule has 27 heavy (non-hydrogen) atoms. The average Bonchev–Trinajstić information content (AvgIpc) is 3.01. The largest absolute Gasteiger partial charge is 0.469 e. The fourth-order valence-electron chi connectivity index (χ4n) is 3.74. The van der Waals surface area contributed by atoms with Gasteiger partial charge in [0.15, 0.2) is 0 Å². The fraction of sp³-hybridized carbons (Fsp3) is 0.818. The summed E-state index contributed by atoms with van der Waals surface area (Å²) in [7, 11) is 1.39. The van der Waals surface area contributed by atoms with Gasteiger partial charge in [-0.3, -0.25) is 4.79 Å². The Bertz CT molecular complexity index is 576. The molecule has 5 heteroatoms. The lowest BCUT2D eigenvalue weighted by molar-refractivity contribution is -0.140. The van der Waals surface area contributed by atoms with Crippen molar-refractivity contribution < 1.29 is 28.7 Å². The SMILES string of the molecule is [2H]C([2H])([2H])C(O)(C/C=C/[C@@H]1[C@@H](CCCCCCC(=O)OC)CC[C@@H]1O)CCC(C)=O. The van der Waals surface area contributed by atoms with Crippen molar-refractivity contribution in [2.45, 2.75) is 96.1 Å². The smallest absolute Gasteiger partial charge is 0.305 e. The van der Waals surface area contributed by atoms with E-state index < -0.39 is 18.6 Å². The molecule has 0 aromatic heterocycles. The average molecular weight is 386 g/mol. The Morgan fingerprint density at radius 3 is 2.63 bits per heavy atom. The van der Waals surface area contributed by atoms with Crippen molar-refractivity contribution in [2.75, 3.05) is 7.11 Å². The first-order valence-electron chi connectivity index (χ1n) is 11.6. The molecular weight excluding hydrogens is 344 g/mol. The fourth-order valence-corrected chi connectivity index (χ4v) is 3.74. The van der Waals surface area contributed by atoms with Gasteiger partial charge in [0.2, 0.25) is 0 Å². The highest BCUT2D eigenvalue weighted by Gasteiger charge is 2.32. The van der Waals surface area contributed by atoms with Crippen molar-refractivity contribution in [1.82, 2.24) is 0 Å². The predicted octanol–water partition coefficient (Wildman–Crippen LogP) is 3.95. The molecule has 1 unspecified atom stereocenters. The number of ketones is 1. The van der Waals surface area contributed by atoms with Crippen LogP contribution in [0.3, 0.4) is 0 Å².